The monoisotopic (exact) mass is 492 g/mol. The van der Waals surface area contributed by atoms with Crippen molar-refractivity contribution in [1.82, 2.24) is 15.3 Å². The zero-order valence-electron chi connectivity index (χ0n) is 17.8. The number of aromatic nitrogens is 2. The van der Waals surface area contributed by atoms with Crippen LogP contribution in [0.4, 0.5) is 5.82 Å². The summed E-state index contributed by atoms with van der Waals surface area (Å²) in [5.74, 6) is -0.867. The van der Waals surface area contributed by atoms with E-state index in [1.807, 2.05) is 0 Å². The molecule has 0 aliphatic carbocycles. The van der Waals surface area contributed by atoms with Gasteiger partial charge in [-0.15, -0.1) is 10.8 Å². The van der Waals surface area contributed by atoms with E-state index in [1.165, 1.54) is 16.6 Å². The Morgan fingerprint density at radius 3 is 2.67 bits per heavy atom. The number of carbonyl (C=O) groups excluding carboxylic acids is 1. The van der Waals surface area contributed by atoms with E-state index in [2.05, 4.69) is 15.3 Å². The first-order valence-electron chi connectivity index (χ1n) is 10.2. The first kappa shape index (κ1) is 23.2. The molecule has 0 atom stereocenters. The van der Waals surface area contributed by atoms with E-state index in [9.17, 15) is 27.4 Å². The summed E-state index contributed by atoms with van der Waals surface area (Å²) >= 11 is 0. The molecular weight excluding hydrogens is 468 g/mol. The second-order valence-electron chi connectivity index (χ2n) is 7.74. The number of fused-ring (bicyclic) bond motifs is 1. The number of nitrogens with zero attached hydrogens (tertiary/aromatic N) is 3. The van der Waals surface area contributed by atoms with Crippen LogP contribution in [0.2, 0.25) is 0 Å². The van der Waals surface area contributed by atoms with E-state index in [-0.39, 0.29) is 34.2 Å². The van der Waals surface area contributed by atoms with Crippen molar-refractivity contribution in [1.29, 1.82) is 0 Å². The molecule has 0 radical (unpaired) electrons. The number of carbonyl (C=O) groups is 1. The molecule has 33 heavy (non-hydrogen) atoms. The maximum atomic E-state index is 13.0. The molecule has 1 aliphatic rings. The van der Waals surface area contributed by atoms with Gasteiger partial charge in [-0.05, 0) is 36.6 Å². The first-order chi connectivity index (χ1) is 15.6. The molecule has 1 aliphatic heterocycles. The Labute approximate surface area is 192 Å². The van der Waals surface area contributed by atoms with E-state index < -0.39 is 32.3 Å². The zero-order valence-corrected chi connectivity index (χ0v) is 19.4. The Hall–Kier alpha value is -2.93. The Bertz CT molecular complexity index is 1330. The SMILES string of the molecule is CS(=O)(=O)c1ccccc1CNC(=O)c1nc(N2CCCCS2(O)O)c2cccnc2c1O. The van der Waals surface area contributed by atoms with Gasteiger partial charge in [0.15, 0.2) is 27.1 Å². The lowest BCUT2D eigenvalue weighted by molar-refractivity contribution is 0.0943. The fourth-order valence-corrected chi connectivity index (χ4v) is 6.37. The normalized spacial score (nSPS) is 17.0. The fraction of sp³-hybridized carbons (Fsp3) is 0.286. The summed E-state index contributed by atoms with van der Waals surface area (Å²) in [7, 11) is -6.64. The highest BCUT2D eigenvalue weighted by atomic mass is 32.3. The van der Waals surface area contributed by atoms with Crippen LogP contribution in [-0.4, -0.2) is 57.1 Å². The Kier molecular flexibility index (Phi) is 6.18. The Balaban J connectivity index is 1.73. The predicted octanol–water partition coefficient (Wildman–Crippen LogP) is 2.93. The molecule has 0 unspecified atom stereocenters. The molecule has 0 spiro atoms. The van der Waals surface area contributed by atoms with Crippen LogP contribution < -0.4 is 9.62 Å². The maximum absolute atomic E-state index is 13.0. The van der Waals surface area contributed by atoms with Crippen LogP contribution in [0.5, 0.6) is 5.75 Å². The van der Waals surface area contributed by atoms with Gasteiger partial charge in [0.05, 0.1) is 10.6 Å². The van der Waals surface area contributed by atoms with Gasteiger partial charge in [0.2, 0.25) is 0 Å². The average molecular weight is 493 g/mol. The minimum absolute atomic E-state index is 0.0885. The predicted molar refractivity (Wildman–Crippen MR) is 126 cm³/mol. The fourth-order valence-electron chi connectivity index (χ4n) is 3.78. The van der Waals surface area contributed by atoms with Crippen LogP contribution in [0.15, 0.2) is 47.5 Å². The first-order valence-corrected chi connectivity index (χ1v) is 13.7. The highest BCUT2D eigenvalue weighted by Gasteiger charge is 2.31. The van der Waals surface area contributed by atoms with Gasteiger partial charge in [0.1, 0.15) is 5.52 Å². The molecule has 12 heteroatoms. The van der Waals surface area contributed by atoms with Gasteiger partial charge in [0, 0.05) is 30.9 Å². The molecule has 4 N–H and O–H groups in total. The van der Waals surface area contributed by atoms with Crippen molar-refractivity contribution in [3.63, 3.8) is 0 Å². The molecule has 3 heterocycles. The lowest BCUT2D eigenvalue weighted by Gasteiger charge is -2.47. The van der Waals surface area contributed by atoms with Crippen LogP contribution >= 0.6 is 10.8 Å². The largest absolute Gasteiger partial charge is 0.504 e. The van der Waals surface area contributed by atoms with E-state index in [1.54, 1.807) is 30.3 Å². The third kappa shape index (κ3) is 4.60. The van der Waals surface area contributed by atoms with Crippen LogP contribution in [-0.2, 0) is 16.4 Å². The number of hydrogen-bond donors (Lipinski definition) is 4. The van der Waals surface area contributed by atoms with Crippen molar-refractivity contribution >= 4 is 43.2 Å². The van der Waals surface area contributed by atoms with Crippen LogP contribution in [0.25, 0.3) is 10.9 Å². The van der Waals surface area contributed by atoms with Crippen molar-refractivity contribution < 1.29 is 27.4 Å². The topological polar surface area (TPSA) is 153 Å². The summed E-state index contributed by atoms with van der Waals surface area (Å²) < 4.78 is 46.6. The molecule has 0 saturated carbocycles. The molecule has 1 saturated heterocycles. The van der Waals surface area contributed by atoms with Gasteiger partial charge in [-0.3, -0.25) is 23.2 Å². The molecule has 1 aromatic carbocycles. The minimum atomic E-state index is -3.50. The molecule has 3 aromatic rings. The number of rotatable bonds is 5. The number of anilines is 1. The van der Waals surface area contributed by atoms with Gasteiger partial charge in [-0.1, -0.05) is 18.2 Å². The molecule has 0 bridgehead atoms. The number of amides is 1. The lowest BCUT2D eigenvalue weighted by Crippen LogP contribution is -2.35. The summed E-state index contributed by atoms with van der Waals surface area (Å²) in [4.78, 5) is 21.6. The summed E-state index contributed by atoms with van der Waals surface area (Å²) in [5, 5.41) is 13.7. The van der Waals surface area contributed by atoms with Crippen LogP contribution in [0, 0.1) is 0 Å². The number of aromatic hydroxyl groups is 1. The summed E-state index contributed by atoms with van der Waals surface area (Å²) in [5.41, 5.74) is 0.149. The van der Waals surface area contributed by atoms with Crippen molar-refractivity contribution in [2.75, 3.05) is 22.9 Å². The summed E-state index contributed by atoms with van der Waals surface area (Å²) in [6.45, 7) is 0.213. The van der Waals surface area contributed by atoms with Crippen molar-refractivity contribution in [2.45, 2.75) is 24.3 Å². The van der Waals surface area contributed by atoms with Crippen molar-refractivity contribution in [2.24, 2.45) is 0 Å². The molecule has 2 aromatic heterocycles. The molecule has 4 rings (SSSR count). The molecule has 10 nitrogen and oxygen atoms in total. The maximum Gasteiger partial charge on any atom is 0.274 e. The summed E-state index contributed by atoms with van der Waals surface area (Å²) in [6.07, 6.45) is 3.90. The molecule has 1 amide bonds. The highest BCUT2D eigenvalue weighted by molar-refractivity contribution is 8.25. The van der Waals surface area contributed by atoms with Crippen molar-refractivity contribution in [3.8, 4) is 5.75 Å². The van der Waals surface area contributed by atoms with Gasteiger partial charge < -0.3 is 10.4 Å². The van der Waals surface area contributed by atoms with Crippen molar-refractivity contribution in [3.05, 3.63) is 53.9 Å². The number of sulfone groups is 1. The van der Waals surface area contributed by atoms with Gasteiger partial charge in [-0.2, -0.15) is 0 Å². The Morgan fingerprint density at radius 2 is 1.94 bits per heavy atom. The smallest absolute Gasteiger partial charge is 0.274 e. The third-order valence-electron chi connectivity index (χ3n) is 5.36. The standard InChI is InChI=1S/C21H24N4O6S2/c1-32(28,29)16-9-3-2-7-14(16)13-23-21(27)18-19(26)17-15(8-6-10-22-17)20(24-18)25-11-4-5-12-33(25,30)31/h2-3,6-10,26,30-31H,4-5,11-13H2,1H3,(H,23,27). The number of pyridine rings is 2. The van der Waals surface area contributed by atoms with E-state index in [4.69, 9.17) is 0 Å². The second-order valence-corrected chi connectivity index (χ2v) is 11.8. The Morgan fingerprint density at radius 1 is 1.18 bits per heavy atom. The van der Waals surface area contributed by atoms with E-state index >= 15 is 0 Å². The van der Waals surface area contributed by atoms with E-state index in [0.717, 1.165) is 6.26 Å². The average Bonchev–Trinajstić information content (AvgIpc) is 2.78. The van der Waals surface area contributed by atoms with Gasteiger partial charge >= 0.3 is 0 Å². The molecular formula is C21H24N4O6S2. The number of nitrogens with one attached hydrogen (secondary N) is 1. The van der Waals surface area contributed by atoms with Crippen LogP contribution in [0.3, 0.4) is 0 Å². The second kappa shape index (κ2) is 8.78. The lowest BCUT2D eigenvalue weighted by atomic mass is 10.1. The molecule has 1 fully saturated rings. The quantitative estimate of drug-likeness (QED) is 0.421. The van der Waals surface area contributed by atoms with Gasteiger partial charge in [0.25, 0.3) is 5.91 Å². The highest BCUT2D eigenvalue weighted by Crippen LogP contribution is 2.51. The van der Waals surface area contributed by atoms with Crippen LogP contribution in [0.1, 0.15) is 28.9 Å². The van der Waals surface area contributed by atoms with E-state index in [0.29, 0.717) is 30.3 Å². The van der Waals surface area contributed by atoms with Gasteiger partial charge in [-0.25, -0.2) is 13.4 Å². The number of benzene rings is 1. The minimum Gasteiger partial charge on any atom is -0.504 e. The summed E-state index contributed by atoms with van der Waals surface area (Å²) in [6, 6.07) is 9.55. The zero-order chi connectivity index (χ0) is 23.8. The molecule has 176 valence electrons. The number of hydrogen-bond acceptors (Lipinski definition) is 9. The third-order valence-corrected chi connectivity index (χ3v) is 8.46.